The summed E-state index contributed by atoms with van der Waals surface area (Å²) in [6, 6.07) is 4.22. The number of rotatable bonds is 6. The zero-order valence-electron chi connectivity index (χ0n) is 21.3. The van der Waals surface area contributed by atoms with E-state index in [2.05, 4.69) is 0 Å². The van der Waals surface area contributed by atoms with Crippen LogP contribution in [0.1, 0.15) is 31.1 Å². The fourth-order valence-electron chi connectivity index (χ4n) is 3.88. The fourth-order valence-corrected chi connectivity index (χ4v) is 3.88. The van der Waals surface area contributed by atoms with Gasteiger partial charge in [-0.2, -0.15) is 0 Å². The monoisotopic (exact) mass is 606 g/mol. The van der Waals surface area contributed by atoms with Crippen LogP contribution in [0.25, 0.3) is 0 Å². The van der Waals surface area contributed by atoms with Crippen LogP contribution in [0.15, 0.2) is 36.4 Å². The first-order valence-electron chi connectivity index (χ1n) is 11.8. The molecule has 0 amide bonds. The van der Waals surface area contributed by atoms with E-state index >= 15 is 0 Å². The van der Waals surface area contributed by atoms with E-state index in [1.807, 2.05) is 0 Å². The van der Waals surface area contributed by atoms with Gasteiger partial charge in [0, 0.05) is 0 Å². The smallest absolute Gasteiger partial charge is 0.339 e. The third-order valence-corrected chi connectivity index (χ3v) is 6.06. The maximum absolute atomic E-state index is 13.0. The van der Waals surface area contributed by atoms with Gasteiger partial charge in [0.25, 0.3) is 0 Å². The molecule has 4 rings (SSSR count). The van der Waals surface area contributed by atoms with Gasteiger partial charge in [0.15, 0.2) is 76.3 Å². The molecular formula is C26H22O17. The molecule has 3 aromatic rings. The maximum atomic E-state index is 13.0. The second-order valence-corrected chi connectivity index (χ2v) is 9.00. The number of benzene rings is 3. The fraction of sp³-hybridized carbons (Fsp3) is 0.192. The van der Waals surface area contributed by atoms with Crippen LogP contribution in [0.5, 0.6) is 51.7 Å². The van der Waals surface area contributed by atoms with Crippen molar-refractivity contribution in [2.24, 2.45) is 0 Å². The van der Waals surface area contributed by atoms with E-state index in [0.717, 1.165) is 12.1 Å². The number of hydrogen-bond donors (Lipinski definition) is 10. The van der Waals surface area contributed by atoms with E-state index in [4.69, 9.17) is 18.9 Å². The van der Waals surface area contributed by atoms with Crippen LogP contribution in [0.3, 0.4) is 0 Å². The lowest BCUT2D eigenvalue weighted by Crippen LogP contribution is -2.57. The molecule has 1 unspecified atom stereocenters. The number of phenols is 9. The third-order valence-electron chi connectivity index (χ3n) is 6.06. The molecule has 0 saturated carbocycles. The quantitative estimate of drug-likeness (QED) is 0.103. The van der Waals surface area contributed by atoms with E-state index in [1.54, 1.807) is 0 Å². The minimum absolute atomic E-state index is 0.513. The standard InChI is InChI=1S/C26H22O17/c27-11-1-8(2-12(28)18(11)33)23(36)41-17-7-40-26(39)22(43-25(38)10-5-15(31)20(35)16(32)6-10)21(17)42-24(37)9-3-13(29)19(34)14(30)4-9/h1-6,17,21-22,26-35,39H,7H2/t17-,21+,22-,26?/m1/s1. The number of carbonyl (C=O) groups is 3. The van der Waals surface area contributed by atoms with Crippen LogP contribution in [0, 0.1) is 0 Å². The summed E-state index contributed by atoms with van der Waals surface area (Å²) in [4.78, 5) is 38.6. The molecule has 43 heavy (non-hydrogen) atoms. The van der Waals surface area contributed by atoms with E-state index in [1.165, 1.54) is 0 Å². The van der Waals surface area contributed by atoms with Gasteiger partial charge in [0.1, 0.15) is 0 Å². The Morgan fingerprint density at radius 2 is 0.837 bits per heavy atom. The minimum atomic E-state index is -2.06. The number of phenolic OH excluding ortho intramolecular Hbond substituents is 9. The van der Waals surface area contributed by atoms with Crippen LogP contribution in [-0.2, 0) is 18.9 Å². The SMILES string of the molecule is O=C(O[C@H]1[C@H](OC(=O)c2cc(O)c(O)c(O)c2)COC(O)[C@@H]1OC(=O)c1cc(O)c(O)c(O)c1)c1cc(O)c(O)c(O)c1. The highest BCUT2D eigenvalue weighted by Gasteiger charge is 2.47. The zero-order chi connectivity index (χ0) is 31.7. The molecule has 0 radical (unpaired) electrons. The molecule has 1 aliphatic rings. The number of carbonyl (C=O) groups excluding carboxylic acids is 3. The predicted molar refractivity (Wildman–Crippen MR) is 134 cm³/mol. The summed E-state index contributed by atoms with van der Waals surface area (Å²) in [5.41, 5.74) is -1.64. The Bertz CT molecular complexity index is 1530. The highest BCUT2D eigenvalue weighted by molar-refractivity contribution is 5.93. The molecule has 0 spiro atoms. The molecule has 10 N–H and O–H groups in total. The van der Waals surface area contributed by atoms with Crippen molar-refractivity contribution in [2.75, 3.05) is 6.61 Å². The number of aromatic hydroxyl groups is 9. The van der Waals surface area contributed by atoms with E-state index < -0.39 is 118 Å². The minimum Gasteiger partial charge on any atom is -0.504 e. The molecule has 17 nitrogen and oxygen atoms in total. The highest BCUT2D eigenvalue weighted by atomic mass is 16.7. The predicted octanol–water partition coefficient (Wildman–Crippen LogP) is 0.362. The molecule has 4 atom stereocenters. The first-order chi connectivity index (χ1) is 20.2. The Balaban J connectivity index is 1.68. The highest BCUT2D eigenvalue weighted by Crippen LogP contribution is 2.38. The topological polar surface area (TPSA) is 290 Å². The molecule has 0 aliphatic carbocycles. The van der Waals surface area contributed by atoms with Gasteiger partial charge in [0.2, 0.25) is 0 Å². The summed E-state index contributed by atoms with van der Waals surface area (Å²) in [6.45, 7) is -0.707. The van der Waals surface area contributed by atoms with Crippen molar-refractivity contribution in [3.8, 4) is 51.7 Å². The molecule has 0 aromatic heterocycles. The molecule has 3 aromatic carbocycles. The number of ether oxygens (including phenoxy) is 4. The molecule has 0 bridgehead atoms. The molecule has 1 aliphatic heterocycles. The summed E-state index contributed by atoms with van der Waals surface area (Å²) in [6.07, 6.45) is -7.71. The van der Waals surface area contributed by atoms with E-state index in [-0.39, 0.29) is 0 Å². The lowest BCUT2D eigenvalue weighted by atomic mass is 10.0. The zero-order valence-corrected chi connectivity index (χ0v) is 21.3. The van der Waals surface area contributed by atoms with Gasteiger partial charge in [-0.25, -0.2) is 14.4 Å². The Morgan fingerprint density at radius 3 is 1.19 bits per heavy atom. The second-order valence-electron chi connectivity index (χ2n) is 9.00. The van der Waals surface area contributed by atoms with Crippen molar-refractivity contribution in [1.29, 1.82) is 0 Å². The Hall–Kier alpha value is -5.81. The lowest BCUT2D eigenvalue weighted by Gasteiger charge is -2.38. The Kier molecular flexibility index (Phi) is 8.13. The second kappa shape index (κ2) is 11.6. The van der Waals surface area contributed by atoms with Gasteiger partial charge in [-0.15, -0.1) is 0 Å². The van der Waals surface area contributed by atoms with Crippen molar-refractivity contribution in [1.82, 2.24) is 0 Å². The van der Waals surface area contributed by atoms with Crippen molar-refractivity contribution in [3.05, 3.63) is 53.1 Å². The van der Waals surface area contributed by atoms with Crippen LogP contribution in [0.2, 0.25) is 0 Å². The van der Waals surface area contributed by atoms with Crippen LogP contribution < -0.4 is 0 Å². The number of hydrogen-bond acceptors (Lipinski definition) is 17. The molecule has 228 valence electrons. The first kappa shape index (κ1) is 30.2. The van der Waals surface area contributed by atoms with Gasteiger partial charge >= 0.3 is 17.9 Å². The Morgan fingerprint density at radius 1 is 0.535 bits per heavy atom. The van der Waals surface area contributed by atoms with Crippen LogP contribution in [-0.4, -0.2) is 100 Å². The van der Waals surface area contributed by atoms with E-state index in [0.29, 0.717) is 24.3 Å². The molecule has 1 saturated heterocycles. The Labute approximate surface area is 238 Å². The number of aliphatic hydroxyl groups excluding tert-OH is 1. The summed E-state index contributed by atoms with van der Waals surface area (Å²) in [5, 5.41) is 97.5. The van der Waals surface area contributed by atoms with Gasteiger partial charge in [-0.1, -0.05) is 0 Å². The molecule has 1 heterocycles. The average Bonchev–Trinajstić information content (AvgIpc) is 2.95. The van der Waals surface area contributed by atoms with Gasteiger partial charge in [-0.3, -0.25) is 0 Å². The lowest BCUT2D eigenvalue weighted by molar-refractivity contribution is -0.251. The number of esters is 3. The largest absolute Gasteiger partial charge is 0.504 e. The number of aliphatic hydroxyl groups is 1. The molecular weight excluding hydrogens is 584 g/mol. The maximum Gasteiger partial charge on any atom is 0.339 e. The summed E-state index contributed by atoms with van der Waals surface area (Å²) < 4.78 is 20.9. The summed E-state index contributed by atoms with van der Waals surface area (Å²) in [5.74, 6) is -12.4. The van der Waals surface area contributed by atoms with Crippen molar-refractivity contribution in [3.63, 3.8) is 0 Å². The molecule has 1 fully saturated rings. The van der Waals surface area contributed by atoms with Crippen molar-refractivity contribution < 1.29 is 84.4 Å². The first-order valence-corrected chi connectivity index (χ1v) is 11.8. The van der Waals surface area contributed by atoms with Crippen molar-refractivity contribution in [2.45, 2.75) is 24.6 Å². The van der Waals surface area contributed by atoms with Gasteiger partial charge in [0.05, 0.1) is 23.3 Å². The third kappa shape index (κ3) is 6.11. The summed E-state index contributed by atoms with van der Waals surface area (Å²) >= 11 is 0. The van der Waals surface area contributed by atoms with Crippen LogP contribution >= 0.6 is 0 Å². The normalized spacial score (nSPS) is 19.7. The van der Waals surface area contributed by atoms with Gasteiger partial charge in [-0.05, 0) is 36.4 Å². The van der Waals surface area contributed by atoms with E-state index in [9.17, 15) is 65.4 Å². The summed E-state index contributed by atoms with van der Waals surface area (Å²) in [7, 11) is 0. The van der Waals surface area contributed by atoms with Crippen LogP contribution in [0.4, 0.5) is 0 Å². The molecule has 17 heteroatoms. The average molecular weight is 606 g/mol. The van der Waals surface area contributed by atoms with Gasteiger partial charge < -0.3 is 70.0 Å². The van der Waals surface area contributed by atoms with Crippen molar-refractivity contribution >= 4 is 17.9 Å².